The molecule has 10 heteroatoms. The van der Waals surface area contributed by atoms with Gasteiger partial charge in [-0.2, -0.15) is 13.2 Å². The van der Waals surface area contributed by atoms with Gasteiger partial charge < -0.3 is 19.5 Å². The number of carboxylic acid groups (broad SMARTS) is 1. The van der Waals surface area contributed by atoms with E-state index in [4.69, 9.17) is 21.2 Å². The minimum atomic E-state index is -4.65. The number of rotatable bonds is 6. The van der Waals surface area contributed by atoms with Crippen LogP contribution in [-0.2, 0) is 12.7 Å². The van der Waals surface area contributed by atoms with Crippen molar-refractivity contribution in [2.45, 2.75) is 12.7 Å². The van der Waals surface area contributed by atoms with Gasteiger partial charge in [-0.15, -0.1) is 0 Å². The molecule has 0 aliphatic heterocycles. The molecular weight excluding hydrogens is 459 g/mol. The number of nitrogens with zero attached hydrogens (tertiary/aromatic N) is 2. The first-order chi connectivity index (χ1) is 15.7. The lowest BCUT2D eigenvalue weighted by Crippen LogP contribution is -2.17. The quantitative estimate of drug-likeness (QED) is 0.340. The molecule has 2 aromatic carbocycles. The molecule has 170 valence electrons. The number of aromatic carboxylic acids is 1. The van der Waals surface area contributed by atoms with Crippen LogP contribution < -0.4 is 4.90 Å². The number of anilines is 1. The summed E-state index contributed by atoms with van der Waals surface area (Å²) in [5.41, 5.74) is 0.592. The predicted molar refractivity (Wildman–Crippen MR) is 117 cm³/mol. The van der Waals surface area contributed by atoms with Gasteiger partial charge in [0.2, 0.25) is 0 Å². The Kier molecular flexibility index (Phi) is 5.90. The Hall–Kier alpha value is -3.72. The van der Waals surface area contributed by atoms with Gasteiger partial charge in [0.15, 0.2) is 5.76 Å². The van der Waals surface area contributed by atoms with Gasteiger partial charge in [0, 0.05) is 48.4 Å². The molecule has 0 bridgehead atoms. The molecule has 2 aromatic heterocycles. The Morgan fingerprint density at radius 2 is 1.91 bits per heavy atom. The first kappa shape index (κ1) is 22.5. The lowest BCUT2D eigenvalue weighted by Gasteiger charge is -2.20. The van der Waals surface area contributed by atoms with E-state index in [1.165, 1.54) is 24.3 Å². The number of aromatic nitrogens is 2. The number of hydrogen-bond acceptors (Lipinski definition) is 4. The number of aromatic amines is 1. The fourth-order valence-electron chi connectivity index (χ4n) is 3.53. The number of benzene rings is 2. The first-order valence-electron chi connectivity index (χ1n) is 9.69. The minimum Gasteiger partial charge on any atom is -0.478 e. The second-order valence-corrected chi connectivity index (χ2v) is 7.71. The molecule has 0 saturated heterocycles. The Morgan fingerprint density at radius 3 is 2.52 bits per heavy atom. The number of hydrogen-bond donors (Lipinski definition) is 2. The highest BCUT2D eigenvalue weighted by atomic mass is 35.5. The van der Waals surface area contributed by atoms with E-state index in [2.05, 4.69) is 10.1 Å². The number of H-pyrrole nitrogens is 1. The summed E-state index contributed by atoms with van der Waals surface area (Å²) in [5, 5.41) is 13.0. The second kappa shape index (κ2) is 8.67. The van der Waals surface area contributed by atoms with Crippen molar-refractivity contribution in [3.8, 4) is 22.6 Å². The fourth-order valence-corrected chi connectivity index (χ4v) is 3.80. The molecule has 0 aliphatic rings. The maximum atomic E-state index is 13.8. The zero-order valence-electron chi connectivity index (χ0n) is 17.2. The second-order valence-electron chi connectivity index (χ2n) is 7.31. The molecule has 4 aromatic rings. The zero-order chi connectivity index (χ0) is 23.8. The SMILES string of the molecule is CN(Cc1c(-c2c(Cl)cccc2C(F)(F)F)noc1-c1cc[nH]c1)c1ccc(C(=O)O)cc1. The van der Waals surface area contributed by atoms with Crippen molar-refractivity contribution in [2.75, 3.05) is 11.9 Å². The molecule has 0 radical (unpaired) electrons. The summed E-state index contributed by atoms with van der Waals surface area (Å²) in [5.74, 6) is -0.757. The van der Waals surface area contributed by atoms with Crippen LogP contribution in [0, 0.1) is 0 Å². The highest BCUT2D eigenvalue weighted by molar-refractivity contribution is 6.33. The van der Waals surface area contributed by atoms with Crippen LogP contribution in [0.3, 0.4) is 0 Å². The molecule has 4 rings (SSSR count). The average Bonchev–Trinajstić information content (AvgIpc) is 3.43. The molecule has 2 heterocycles. The Bertz CT molecular complexity index is 1280. The van der Waals surface area contributed by atoms with Gasteiger partial charge in [-0.25, -0.2) is 4.79 Å². The zero-order valence-corrected chi connectivity index (χ0v) is 17.9. The van der Waals surface area contributed by atoms with Gasteiger partial charge in [0.25, 0.3) is 0 Å². The van der Waals surface area contributed by atoms with E-state index >= 15 is 0 Å². The van der Waals surface area contributed by atoms with E-state index in [9.17, 15) is 18.0 Å². The van der Waals surface area contributed by atoms with E-state index in [1.54, 1.807) is 42.5 Å². The van der Waals surface area contributed by atoms with E-state index < -0.39 is 17.7 Å². The summed E-state index contributed by atoms with van der Waals surface area (Å²) in [6.45, 7) is 0.119. The lowest BCUT2D eigenvalue weighted by atomic mass is 9.98. The van der Waals surface area contributed by atoms with Crippen LogP contribution >= 0.6 is 11.6 Å². The molecule has 0 amide bonds. The van der Waals surface area contributed by atoms with Crippen LogP contribution in [0.1, 0.15) is 21.5 Å². The molecule has 0 unspecified atom stereocenters. The topological polar surface area (TPSA) is 82.4 Å². The van der Waals surface area contributed by atoms with Crippen molar-refractivity contribution in [2.24, 2.45) is 0 Å². The van der Waals surface area contributed by atoms with Gasteiger partial charge in [-0.05, 0) is 42.5 Å². The molecule has 0 spiro atoms. The van der Waals surface area contributed by atoms with E-state index in [1.807, 2.05) is 0 Å². The molecule has 0 saturated carbocycles. The number of alkyl halides is 3. The van der Waals surface area contributed by atoms with Crippen molar-refractivity contribution in [1.29, 1.82) is 0 Å². The molecule has 6 nitrogen and oxygen atoms in total. The third-order valence-corrected chi connectivity index (χ3v) is 5.47. The van der Waals surface area contributed by atoms with Gasteiger partial charge in [-0.1, -0.05) is 22.8 Å². The van der Waals surface area contributed by atoms with E-state index in [0.717, 1.165) is 6.07 Å². The van der Waals surface area contributed by atoms with Gasteiger partial charge in [0.1, 0.15) is 5.69 Å². The van der Waals surface area contributed by atoms with Crippen LogP contribution in [0.4, 0.5) is 18.9 Å². The summed E-state index contributed by atoms with van der Waals surface area (Å²) < 4.78 is 46.8. The summed E-state index contributed by atoms with van der Waals surface area (Å²) in [7, 11) is 1.73. The van der Waals surface area contributed by atoms with Gasteiger partial charge >= 0.3 is 12.1 Å². The van der Waals surface area contributed by atoms with E-state index in [0.29, 0.717) is 22.6 Å². The molecule has 0 fully saturated rings. The van der Waals surface area contributed by atoms with Crippen molar-refractivity contribution >= 4 is 23.3 Å². The summed E-state index contributed by atoms with van der Waals surface area (Å²) in [4.78, 5) is 15.8. The molecular formula is C23H17ClF3N3O3. The van der Waals surface area contributed by atoms with Crippen LogP contribution in [0.25, 0.3) is 22.6 Å². The third-order valence-electron chi connectivity index (χ3n) is 5.15. The van der Waals surface area contributed by atoms with Gasteiger partial charge in [-0.3, -0.25) is 0 Å². The van der Waals surface area contributed by atoms with Crippen molar-refractivity contribution in [3.05, 3.63) is 82.6 Å². The van der Waals surface area contributed by atoms with Crippen LogP contribution in [0.5, 0.6) is 0 Å². The lowest BCUT2D eigenvalue weighted by molar-refractivity contribution is -0.137. The Balaban J connectivity index is 1.83. The Labute approximate surface area is 191 Å². The maximum Gasteiger partial charge on any atom is 0.417 e. The monoisotopic (exact) mass is 475 g/mol. The van der Waals surface area contributed by atoms with Crippen LogP contribution in [0.15, 0.2) is 65.4 Å². The number of carboxylic acids is 1. The van der Waals surface area contributed by atoms with Crippen molar-refractivity contribution in [3.63, 3.8) is 0 Å². The number of halogens is 4. The van der Waals surface area contributed by atoms with Crippen LogP contribution in [0.2, 0.25) is 5.02 Å². The average molecular weight is 476 g/mol. The summed E-state index contributed by atoms with van der Waals surface area (Å²) >= 11 is 6.22. The number of carbonyl (C=O) groups is 1. The predicted octanol–water partition coefficient (Wildman–Crippen LogP) is 6.34. The molecule has 0 atom stereocenters. The number of nitrogens with one attached hydrogen (secondary N) is 1. The molecule has 33 heavy (non-hydrogen) atoms. The fraction of sp³-hybridized carbons (Fsp3) is 0.130. The molecule has 2 N–H and O–H groups in total. The van der Waals surface area contributed by atoms with Crippen molar-refractivity contribution in [1.82, 2.24) is 10.1 Å². The maximum absolute atomic E-state index is 13.8. The van der Waals surface area contributed by atoms with Gasteiger partial charge in [0.05, 0.1) is 16.1 Å². The third kappa shape index (κ3) is 4.45. The standard InChI is InChI=1S/C23H17ClF3N3O3/c1-30(15-7-5-13(6-8-15)22(31)32)12-16-20(29-33-21(16)14-9-10-28-11-14)19-17(23(25,26)27)3-2-4-18(19)24/h2-11,28H,12H2,1H3,(H,31,32). The van der Waals surface area contributed by atoms with E-state index in [-0.39, 0.29) is 28.4 Å². The minimum absolute atomic E-state index is 0.0156. The molecule has 0 aliphatic carbocycles. The highest BCUT2D eigenvalue weighted by Crippen LogP contribution is 2.43. The smallest absolute Gasteiger partial charge is 0.417 e. The summed E-state index contributed by atoms with van der Waals surface area (Å²) in [6.07, 6.45) is -1.34. The Morgan fingerprint density at radius 1 is 1.18 bits per heavy atom. The largest absolute Gasteiger partial charge is 0.478 e. The van der Waals surface area contributed by atoms with Crippen LogP contribution in [-0.4, -0.2) is 28.3 Å². The van der Waals surface area contributed by atoms with Crippen molar-refractivity contribution < 1.29 is 27.6 Å². The highest BCUT2D eigenvalue weighted by Gasteiger charge is 2.37. The first-order valence-corrected chi connectivity index (χ1v) is 10.1. The normalized spacial score (nSPS) is 11.5. The summed E-state index contributed by atoms with van der Waals surface area (Å²) in [6, 6.07) is 11.4.